The second kappa shape index (κ2) is 5.82. The lowest BCUT2D eigenvalue weighted by molar-refractivity contribution is 0.645. The molecule has 1 rings (SSSR count). The van der Waals surface area contributed by atoms with E-state index in [-0.39, 0.29) is 5.25 Å². The largest absolute Gasteiger partial charge is 0.311 e. The zero-order chi connectivity index (χ0) is 10.4. The highest BCUT2D eigenvalue weighted by atomic mass is 32.2. The minimum Gasteiger partial charge on any atom is -0.311 e. The van der Waals surface area contributed by atoms with Crippen LogP contribution in [0.15, 0.2) is 18.7 Å². The van der Waals surface area contributed by atoms with E-state index < -0.39 is 10.8 Å². The summed E-state index contributed by atoms with van der Waals surface area (Å²) in [6.45, 7) is 3.44. The third-order valence-corrected chi connectivity index (χ3v) is 3.24. The molecule has 14 heavy (non-hydrogen) atoms. The van der Waals surface area contributed by atoms with Gasteiger partial charge in [-0.25, -0.2) is 9.97 Å². The van der Waals surface area contributed by atoms with Gasteiger partial charge in [0.1, 0.15) is 6.33 Å². The van der Waals surface area contributed by atoms with Crippen LogP contribution >= 0.6 is 0 Å². The van der Waals surface area contributed by atoms with E-state index in [1.165, 1.54) is 6.33 Å². The summed E-state index contributed by atoms with van der Waals surface area (Å²) in [5.74, 6) is 0. The topological polar surface area (TPSA) is 54.9 Å². The van der Waals surface area contributed by atoms with Crippen molar-refractivity contribution in [1.82, 2.24) is 15.3 Å². The Bertz CT molecular complexity index is 291. The number of hydrogen-bond acceptors (Lipinski definition) is 4. The van der Waals surface area contributed by atoms with Gasteiger partial charge in [-0.15, -0.1) is 0 Å². The van der Waals surface area contributed by atoms with E-state index in [2.05, 4.69) is 15.3 Å². The fraction of sp³-hybridized carbons (Fsp3) is 0.556. The first-order valence-corrected chi connectivity index (χ1v) is 6.09. The lowest BCUT2D eigenvalue weighted by Crippen LogP contribution is -2.27. The Labute approximate surface area is 86.6 Å². The van der Waals surface area contributed by atoms with E-state index in [1.54, 1.807) is 18.6 Å². The summed E-state index contributed by atoms with van der Waals surface area (Å²) in [4.78, 5) is 7.81. The van der Waals surface area contributed by atoms with E-state index in [0.717, 1.165) is 18.7 Å². The normalized spacial score (nSPS) is 15.0. The third kappa shape index (κ3) is 3.93. The maximum absolute atomic E-state index is 11.0. The Morgan fingerprint density at radius 3 is 2.71 bits per heavy atom. The van der Waals surface area contributed by atoms with Gasteiger partial charge in [-0.2, -0.15) is 0 Å². The molecule has 0 saturated carbocycles. The van der Waals surface area contributed by atoms with Crippen molar-refractivity contribution in [3.8, 4) is 0 Å². The quantitative estimate of drug-likeness (QED) is 0.766. The van der Waals surface area contributed by atoms with Crippen LogP contribution in [0.25, 0.3) is 0 Å². The summed E-state index contributed by atoms with van der Waals surface area (Å²) < 4.78 is 11.0. The molecule has 1 aromatic rings. The van der Waals surface area contributed by atoms with Gasteiger partial charge in [0.15, 0.2) is 0 Å². The van der Waals surface area contributed by atoms with Gasteiger partial charge in [-0.3, -0.25) is 4.21 Å². The standard InChI is InChI=1S/C9H15N3OS/c1-8(14(2)13)3-10-4-9-5-11-7-12-6-9/h5-8,10H,3-4H2,1-2H3. The maximum atomic E-state index is 11.0. The summed E-state index contributed by atoms with van der Waals surface area (Å²) in [6.07, 6.45) is 6.77. The number of rotatable bonds is 5. The van der Waals surface area contributed by atoms with Crippen LogP contribution in [0.4, 0.5) is 0 Å². The molecule has 0 radical (unpaired) electrons. The van der Waals surface area contributed by atoms with E-state index in [9.17, 15) is 4.21 Å². The number of aromatic nitrogens is 2. The van der Waals surface area contributed by atoms with Gasteiger partial charge >= 0.3 is 0 Å². The summed E-state index contributed by atoms with van der Waals surface area (Å²) in [7, 11) is -0.762. The van der Waals surface area contributed by atoms with Gasteiger partial charge in [-0.05, 0) is 6.92 Å². The zero-order valence-corrected chi connectivity index (χ0v) is 9.25. The molecule has 0 aromatic carbocycles. The van der Waals surface area contributed by atoms with Crippen LogP contribution in [-0.4, -0.2) is 32.2 Å². The minimum absolute atomic E-state index is 0.180. The summed E-state index contributed by atoms with van der Waals surface area (Å²) in [5, 5.41) is 3.39. The van der Waals surface area contributed by atoms with Gasteiger partial charge in [0.05, 0.1) is 0 Å². The summed E-state index contributed by atoms with van der Waals surface area (Å²) in [6, 6.07) is 0. The average Bonchev–Trinajstić information content (AvgIpc) is 2.19. The van der Waals surface area contributed by atoms with Gasteiger partial charge in [0, 0.05) is 53.4 Å². The first-order chi connectivity index (χ1) is 6.70. The molecule has 0 aliphatic rings. The highest BCUT2D eigenvalue weighted by Gasteiger charge is 2.04. The van der Waals surface area contributed by atoms with E-state index in [4.69, 9.17) is 0 Å². The van der Waals surface area contributed by atoms with E-state index in [0.29, 0.717) is 0 Å². The molecule has 5 heteroatoms. The summed E-state index contributed by atoms with van der Waals surface area (Å²) >= 11 is 0. The van der Waals surface area contributed by atoms with Crippen molar-refractivity contribution < 1.29 is 4.21 Å². The molecule has 1 N–H and O–H groups in total. The molecule has 2 unspecified atom stereocenters. The fourth-order valence-corrected chi connectivity index (χ4v) is 1.31. The van der Waals surface area contributed by atoms with Crippen LogP contribution in [0, 0.1) is 0 Å². The van der Waals surface area contributed by atoms with Crippen molar-refractivity contribution in [3.63, 3.8) is 0 Å². The predicted molar refractivity (Wildman–Crippen MR) is 57.3 cm³/mol. The molecule has 0 spiro atoms. The monoisotopic (exact) mass is 213 g/mol. The SMILES string of the molecule is CC(CNCc1cncnc1)S(C)=O. The highest BCUT2D eigenvalue weighted by molar-refractivity contribution is 7.84. The molecular formula is C9H15N3OS. The van der Waals surface area contributed by atoms with Crippen LogP contribution in [0.1, 0.15) is 12.5 Å². The molecular weight excluding hydrogens is 198 g/mol. The average molecular weight is 213 g/mol. The van der Waals surface area contributed by atoms with Crippen molar-refractivity contribution >= 4 is 10.8 Å². The van der Waals surface area contributed by atoms with Gasteiger partial charge in [-0.1, -0.05) is 0 Å². The zero-order valence-electron chi connectivity index (χ0n) is 8.43. The van der Waals surface area contributed by atoms with E-state index >= 15 is 0 Å². The third-order valence-electron chi connectivity index (χ3n) is 1.94. The molecule has 2 atom stereocenters. The molecule has 0 bridgehead atoms. The first kappa shape index (κ1) is 11.3. The highest BCUT2D eigenvalue weighted by Crippen LogP contribution is 1.94. The van der Waals surface area contributed by atoms with Crippen molar-refractivity contribution in [2.24, 2.45) is 0 Å². The van der Waals surface area contributed by atoms with E-state index in [1.807, 2.05) is 6.92 Å². The van der Waals surface area contributed by atoms with Crippen molar-refractivity contribution in [2.75, 3.05) is 12.8 Å². The first-order valence-electron chi connectivity index (χ1n) is 4.47. The van der Waals surface area contributed by atoms with Crippen molar-refractivity contribution in [2.45, 2.75) is 18.7 Å². The maximum Gasteiger partial charge on any atom is 0.115 e. The Kier molecular flexibility index (Phi) is 4.69. The smallest absolute Gasteiger partial charge is 0.115 e. The molecule has 0 saturated heterocycles. The Hall–Kier alpha value is -0.810. The van der Waals surface area contributed by atoms with Crippen molar-refractivity contribution in [1.29, 1.82) is 0 Å². The molecule has 0 aliphatic heterocycles. The van der Waals surface area contributed by atoms with Gasteiger partial charge in [0.25, 0.3) is 0 Å². The van der Waals surface area contributed by atoms with Crippen molar-refractivity contribution in [3.05, 3.63) is 24.3 Å². The van der Waals surface area contributed by atoms with Crippen LogP contribution in [0.5, 0.6) is 0 Å². The van der Waals surface area contributed by atoms with Crippen LogP contribution < -0.4 is 5.32 Å². The number of nitrogens with one attached hydrogen (secondary N) is 1. The van der Waals surface area contributed by atoms with Gasteiger partial charge < -0.3 is 5.32 Å². The van der Waals surface area contributed by atoms with Gasteiger partial charge in [0.2, 0.25) is 0 Å². The molecule has 0 fully saturated rings. The lowest BCUT2D eigenvalue weighted by Gasteiger charge is -2.09. The lowest BCUT2D eigenvalue weighted by atomic mass is 10.3. The second-order valence-corrected chi connectivity index (χ2v) is 4.99. The molecule has 0 amide bonds. The minimum atomic E-state index is -0.762. The molecule has 4 nitrogen and oxygen atoms in total. The number of nitrogens with zero attached hydrogens (tertiary/aromatic N) is 2. The molecule has 1 aromatic heterocycles. The predicted octanol–water partition coefficient (Wildman–Crippen LogP) is 0.333. The number of hydrogen-bond donors (Lipinski definition) is 1. The van der Waals surface area contributed by atoms with Crippen LogP contribution in [0.2, 0.25) is 0 Å². The molecule has 0 aliphatic carbocycles. The Morgan fingerprint density at radius 1 is 1.50 bits per heavy atom. The van der Waals surface area contributed by atoms with Crippen LogP contribution in [-0.2, 0) is 17.3 Å². The molecule has 1 heterocycles. The molecule has 78 valence electrons. The fourth-order valence-electron chi connectivity index (χ4n) is 0.958. The Morgan fingerprint density at radius 2 is 2.14 bits per heavy atom. The van der Waals surface area contributed by atoms with Crippen LogP contribution in [0.3, 0.4) is 0 Å². The second-order valence-electron chi connectivity index (χ2n) is 3.19. The summed E-state index contributed by atoms with van der Waals surface area (Å²) in [5.41, 5.74) is 1.04. The Balaban J connectivity index is 2.26.